The number of methoxy groups -OCH3 is 1. The summed E-state index contributed by atoms with van der Waals surface area (Å²) < 4.78 is 10.6. The Kier molecular flexibility index (Phi) is 5.03. The molecule has 0 radical (unpaired) electrons. The van der Waals surface area contributed by atoms with Crippen molar-refractivity contribution in [3.05, 3.63) is 23.8 Å². The van der Waals surface area contributed by atoms with Gasteiger partial charge in [-0.15, -0.1) is 0 Å². The van der Waals surface area contributed by atoms with Crippen molar-refractivity contribution < 1.29 is 19.1 Å². The van der Waals surface area contributed by atoms with Crippen LogP contribution in [0.15, 0.2) is 18.2 Å². The van der Waals surface area contributed by atoms with Gasteiger partial charge >= 0.3 is 0 Å². The quantitative estimate of drug-likeness (QED) is 0.867. The maximum Gasteiger partial charge on any atom is 0.252 e. The first-order valence-corrected chi connectivity index (χ1v) is 7.31. The summed E-state index contributed by atoms with van der Waals surface area (Å²) in [5.74, 6) is 0.0200. The number of rotatable bonds is 5. The van der Waals surface area contributed by atoms with Gasteiger partial charge in [-0.2, -0.15) is 0 Å². The number of benzene rings is 1. The largest absolute Gasteiger partial charge is 0.495 e. The van der Waals surface area contributed by atoms with Crippen molar-refractivity contribution in [2.45, 2.75) is 32.3 Å². The highest BCUT2D eigenvalue weighted by Gasteiger charge is 2.37. The fraction of sp³-hybridized carbons (Fsp3) is 0.500. The van der Waals surface area contributed by atoms with Gasteiger partial charge in [-0.25, -0.2) is 0 Å². The Balaban J connectivity index is 1.91. The van der Waals surface area contributed by atoms with Gasteiger partial charge in [0.15, 0.2) is 0 Å². The SMILES string of the molecule is COc1ccc(C)cc1NC(=O)CNC(=O)[C@]1(C)CCCO1. The molecule has 0 bridgehead atoms. The minimum Gasteiger partial charge on any atom is -0.495 e. The van der Waals surface area contributed by atoms with Crippen LogP contribution in [0, 0.1) is 6.92 Å². The summed E-state index contributed by atoms with van der Waals surface area (Å²) in [6.07, 6.45) is 1.53. The van der Waals surface area contributed by atoms with Gasteiger partial charge in [-0.1, -0.05) is 6.07 Å². The topological polar surface area (TPSA) is 76.7 Å². The minimum atomic E-state index is -0.818. The lowest BCUT2D eigenvalue weighted by atomic mass is 10.0. The van der Waals surface area contributed by atoms with E-state index in [4.69, 9.17) is 9.47 Å². The van der Waals surface area contributed by atoms with Gasteiger partial charge in [0.05, 0.1) is 19.3 Å². The highest BCUT2D eigenvalue weighted by molar-refractivity contribution is 5.96. The summed E-state index contributed by atoms with van der Waals surface area (Å²) in [4.78, 5) is 24.1. The second kappa shape index (κ2) is 6.79. The summed E-state index contributed by atoms with van der Waals surface area (Å²) in [7, 11) is 1.54. The molecular formula is C16H22N2O4. The number of amides is 2. The van der Waals surface area contributed by atoms with Crippen LogP contribution in [0.25, 0.3) is 0 Å². The molecular weight excluding hydrogens is 284 g/mol. The summed E-state index contributed by atoms with van der Waals surface area (Å²) in [5.41, 5.74) is 0.776. The highest BCUT2D eigenvalue weighted by Crippen LogP contribution is 2.26. The van der Waals surface area contributed by atoms with E-state index in [-0.39, 0.29) is 18.4 Å². The monoisotopic (exact) mass is 306 g/mol. The Morgan fingerprint density at radius 3 is 2.82 bits per heavy atom. The third kappa shape index (κ3) is 3.76. The summed E-state index contributed by atoms with van der Waals surface area (Å²) in [6, 6.07) is 5.51. The first-order chi connectivity index (χ1) is 10.4. The van der Waals surface area contributed by atoms with Gasteiger partial charge in [0.25, 0.3) is 5.91 Å². The molecule has 0 saturated carbocycles. The summed E-state index contributed by atoms with van der Waals surface area (Å²) >= 11 is 0. The van der Waals surface area contributed by atoms with Gasteiger partial charge < -0.3 is 20.1 Å². The molecule has 1 atom stereocenters. The third-order valence-corrected chi connectivity index (χ3v) is 3.74. The van der Waals surface area contributed by atoms with Crippen LogP contribution >= 0.6 is 0 Å². The smallest absolute Gasteiger partial charge is 0.252 e. The Hall–Kier alpha value is -2.08. The van der Waals surface area contributed by atoms with Gasteiger partial charge in [0.1, 0.15) is 11.4 Å². The normalized spacial score (nSPS) is 20.5. The third-order valence-electron chi connectivity index (χ3n) is 3.74. The van der Waals surface area contributed by atoms with Crippen LogP contribution in [-0.4, -0.2) is 37.7 Å². The molecule has 1 fully saturated rings. The molecule has 6 nitrogen and oxygen atoms in total. The molecule has 6 heteroatoms. The standard InChI is InChI=1S/C16H22N2O4/c1-11-5-6-13(21-3)12(9-11)18-14(19)10-17-15(20)16(2)7-4-8-22-16/h5-6,9H,4,7-8,10H2,1-3H3,(H,17,20)(H,18,19)/t16-/m0/s1. The summed E-state index contributed by atoms with van der Waals surface area (Å²) in [6.45, 7) is 4.15. The fourth-order valence-electron chi connectivity index (χ4n) is 2.42. The number of anilines is 1. The molecule has 1 heterocycles. The Bertz CT molecular complexity index is 565. The molecule has 1 aliphatic rings. The number of aryl methyl sites for hydroxylation is 1. The van der Waals surface area contributed by atoms with Crippen molar-refractivity contribution in [1.29, 1.82) is 0 Å². The van der Waals surface area contributed by atoms with Gasteiger partial charge in [0.2, 0.25) is 5.91 Å². The Labute approximate surface area is 130 Å². The van der Waals surface area contributed by atoms with Gasteiger partial charge in [-0.05, 0) is 44.4 Å². The van der Waals surface area contributed by atoms with Crippen molar-refractivity contribution in [1.82, 2.24) is 5.32 Å². The molecule has 1 aromatic carbocycles. The van der Waals surface area contributed by atoms with E-state index >= 15 is 0 Å². The lowest BCUT2D eigenvalue weighted by Crippen LogP contribution is -2.46. The molecule has 2 amide bonds. The molecule has 1 aromatic rings. The Morgan fingerprint density at radius 1 is 1.41 bits per heavy atom. The van der Waals surface area contributed by atoms with Crippen LogP contribution in [0.2, 0.25) is 0 Å². The average molecular weight is 306 g/mol. The average Bonchev–Trinajstić information content (AvgIpc) is 2.93. The first kappa shape index (κ1) is 16.3. The molecule has 1 saturated heterocycles. The molecule has 22 heavy (non-hydrogen) atoms. The predicted octanol–water partition coefficient (Wildman–Crippen LogP) is 1.63. The minimum absolute atomic E-state index is 0.102. The van der Waals surface area contributed by atoms with Crippen LogP contribution in [-0.2, 0) is 14.3 Å². The van der Waals surface area contributed by atoms with Crippen molar-refractivity contribution >= 4 is 17.5 Å². The zero-order valence-electron chi connectivity index (χ0n) is 13.2. The second-order valence-electron chi connectivity index (χ2n) is 5.62. The van der Waals surface area contributed by atoms with Crippen LogP contribution in [0.5, 0.6) is 5.75 Å². The van der Waals surface area contributed by atoms with E-state index in [2.05, 4.69) is 10.6 Å². The van der Waals surface area contributed by atoms with E-state index in [0.717, 1.165) is 12.0 Å². The number of ether oxygens (including phenoxy) is 2. The van der Waals surface area contributed by atoms with E-state index in [1.54, 1.807) is 20.1 Å². The maximum absolute atomic E-state index is 12.1. The number of hydrogen-bond acceptors (Lipinski definition) is 4. The van der Waals surface area contributed by atoms with Crippen LogP contribution < -0.4 is 15.4 Å². The molecule has 120 valence electrons. The van der Waals surface area contributed by atoms with Gasteiger partial charge in [0, 0.05) is 6.61 Å². The van der Waals surface area contributed by atoms with Crippen molar-refractivity contribution in [3.63, 3.8) is 0 Å². The molecule has 0 aliphatic carbocycles. The number of carbonyl (C=O) groups excluding carboxylic acids is 2. The molecule has 0 unspecified atom stereocenters. The van der Waals surface area contributed by atoms with E-state index in [1.807, 2.05) is 19.1 Å². The summed E-state index contributed by atoms with van der Waals surface area (Å²) in [5, 5.41) is 5.36. The van der Waals surface area contributed by atoms with Crippen LogP contribution in [0.3, 0.4) is 0 Å². The van der Waals surface area contributed by atoms with Crippen LogP contribution in [0.4, 0.5) is 5.69 Å². The molecule has 2 rings (SSSR count). The molecule has 0 spiro atoms. The van der Waals surface area contributed by atoms with E-state index in [1.165, 1.54) is 0 Å². The zero-order valence-corrected chi connectivity index (χ0v) is 13.2. The number of carbonyl (C=O) groups is 2. The van der Waals surface area contributed by atoms with Crippen molar-refractivity contribution in [2.75, 3.05) is 25.6 Å². The molecule has 1 aliphatic heterocycles. The Morgan fingerprint density at radius 2 is 2.18 bits per heavy atom. The van der Waals surface area contributed by atoms with Crippen molar-refractivity contribution in [3.8, 4) is 5.75 Å². The fourth-order valence-corrected chi connectivity index (χ4v) is 2.42. The van der Waals surface area contributed by atoms with E-state index < -0.39 is 5.60 Å². The van der Waals surface area contributed by atoms with E-state index in [9.17, 15) is 9.59 Å². The zero-order chi connectivity index (χ0) is 16.2. The first-order valence-electron chi connectivity index (χ1n) is 7.31. The van der Waals surface area contributed by atoms with E-state index in [0.29, 0.717) is 24.5 Å². The lowest BCUT2D eigenvalue weighted by Gasteiger charge is -2.21. The predicted molar refractivity (Wildman–Crippen MR) is 83.0 cm³/mol. The van der Waals surface area contributed by atoms with Crippen molar-refractivity contribution in [2.24, 2.45) is 0 Å². The maximum atomic E-state index is 12.1. The molecule has 0 aromatic heterocycles. The van der Waals surface area contributed by atoms with Gasteiger partial charge in [-0.3, -0.25) is 9.59 Å². The van der Waals surface area contributed by atoms with Crippen LogP contribution in [0.1, 0.15) is 25.3 Å². The molecule has 2 N–H and O–H groups in total. The number of nitrogens with one attached hydrogen (secondary N) is 2. The lowest BCUT2D eigenvalue weighted by molar-refractivity contribution is -0.140. The highest BCUT2D eigenvalue weighted by atomic mass is 16.5. The second-order valence-corrected chi connectivity index (χ2v) is 5.62. The number of hydrogen-bond donors (Lipinski definition) is 2.